The summed E-state index contributed by atoms with van der Waals surface area (Å²) >= 11 is 0. The third-order valence-electron chi connectivity index (χ3n) is 5.92. The first-order chi connectivity index (χ1) is 17.2. The molecule has 0 spiro atoms. The molecule has 2 atom stereocenters. The number of carbonyl (C=O) groups is 3. The molecule has 2 aromatic rings. The number of likely N-dealkylation sites (tertiary alicyclic amines) is 1. The van der Waals surface area contributed by atoms with Crippen LogP contribution in [0.15, 0.2) is 34.7 Å². The molecule has 1 aromatic heterocycles. The molecule has 0 aliphatic carbocycles. The van der Waals surface area contributed by atoms with Crippen molar-refractivity contribution >= 4 is 27.4 Å². The molecule has 1 unspecified atom stereocenters. The van der Waals surface area contributed by atoms with Gasteiger partial charge in [-0.15, -0.1) is 10.2 Å². The summed E-state index contributed by atoms with van der Waals surface area (Å²) in [7, 11) is -2.30. The minimum absolute atomic E-state index is 0.0311. The molecule has 2 heterocycles. The van der Waals surface area contributed by atoms with Gasteiger partial charge in [0.1, 0.15) is 6.61 Å². The Labute approximate surface area is 210 Å². The van der Waals surface area contributed by atoms with Gasteiger partial charge in [0.2, 0.25) is 23.5 Å². The van der Waals surface area contributed by atoms with E-state index >= 15 is 0 Å². The molecule has 3 rings (SSSR count). The fraction of sp³-hybridized carbons (Fsp3) is 0.542. The quantitative estimate of drug-likeness (QED) is 0.388. The number of aromatic nitrogens is 2. The molecule has 1 saturated heterocycles. The van der Waals surface area contributed by atoms with Crippen LogP contribution in [0.3, 0.4) is 0 Å². The van der Waals surface area contributed by atoms with Gasteiger partial charge in [-0.2, -0.15) is 0 Å². The van der Waals surface area contributed by atoms with Gasteiger partial charge in [-0.3, -0.25) is 14.4 Å². The Morgan fingerprint density at radius 3 is 2.47 bits per heavy atom. The van der Waals surface area contributed by atoms with Crippen LogP contribution in [-0.2, 0) is 36.5 Å². The molecule has 12 heteroatoms. The van der Waals surface area contributed by atoms with E-state index in [4.69, 9.17) is 9.15 Å². The van der Waals surface area contributed by atoms with Gasteiger partial charge in [0.05, 0.1) is 23.5 Å². The zero-order valence-corrected chi connectivity index (χ0v) is 21.3. The van der Waals surface area contributed by atoms with Gasteiger partial charge in [0.25, 0.3) is 5.89 Å². The number of benzene rings is 1. The minimum Gasteiger partial charge on any atom is -0.416 e. The van der Waals surface area contributed by atoms with E-state index in [9.17, 15) is 22.8 Å². The Balaban J connectivity index is 1.75. The summed E-state index contributed by atoms with van der Waals surface area (Å²) in [5, 5.41) is 10.0. The third-order valence-corrected chi connectivity index (χ3v) is 7.61. The van der Waals surface area contributed by atoms with Crippen LogP contribution in [0.1, 0.15) is 54.7 Å². The highest BCUT2D eigenvalue weighted by atomic mass is 32.2. The van der Waals surface area contributed by atoms with Crippen molar-refractivity contribution < 1.29 is 32.0 Å². The number of nitrogens with zero attached hydrogens (tertiary/aromatic N) is 3. The Kier molecular flexibility index (Phi) is 9.71. The van der Waals surface area contributed by atoms with E-state index in [1.807, 2.05) is 0 Å². The van der Waals surface area contributed by atoms with Crippen molar-refractivity contribution in [2.75, 3.05) is 26.0 Å². The lowest BCUT2D eigenvalue weighted by Crippen LogP contribution is -2.46. The second-order valence-electron chi connectivity index (χ2n) is 8.80. The highest BCUT2D eigenvalue weighted by Crippen LogP contribution is 2.18. The van der Waals surface area contributed by atoms with Crippen molar-refractivity contribution in [3.63, 3.8) is 0 Å². The van der Waals surface area contributed by atoms with E-state index < -0.39 is 39.2 Å². The fourth-order valence-corrected chi connectivity index (χ4v) is 5.75. The van der Waals surface area contributed by atoms with Crippen molar-refractivity contribution in [1.82, 2.24) is 20.4 Å². The first kappa shape index (κ1) is 27.5. The average Bonchev–Trinajstić information content (AvgIpc) is 3.55. The van der Waals surface area contributed by atoms with E-state index in [1.165, 1.54) is 7.11 Å². The number of hydrogen-bond acceptors (Lipinski definition) is 9. The maximum atomic E-state index is 13.3. The van der Waals surface area contributed by atoms with E-state index in [-0.39, 0.29) is 42.9 Å². The monoisotopic (exact) mass is 520 g/mol. The van der Waals surface area contributed by atoms with E-state index in [0.29, 0.717) is 18.7 Å². The van der Waals surface area contributed by atoms with Crippen molar-refractivity contribution in [3.05, 3.63) is 47.7 Å². The zero-order valence-electron chi connectivity index (χ0n) is 20.5. The number of methoxy groups -OCH3 is 1. The molecule has 196 valence electrons. The topological polar surface area (TPSA) is 149 Å². The van der Waals surface area contributed by atoms with Crippen molar-refractivity contribution in [1.29, 1.82) is 0 Å². The van der Waals surface area contributed by atoms with Gasteiger partial charge in [-0.25, -0.2) is 8.42 Å². The Bertz CT molecular complexity index is 1140. The molecular formula is C24H32N4O7S. The first-order valence-electron chi connectivity index (χ1n) is 11.9. The van der Waals surface area contributed by atoms with Gasteiger partial charge in [-0.1, -0.05) is 37.3 Å². The van der Waals surface area contributed by atoms with Gasteiger partial charge in [0, 0.05) is 26.6 Å². The molecule has 11 nitrogen and oxygen atoms in total. The number of ketones is 1. The zero-order chi connectivity index (χ0) is 26.1. The summed E-state index contributed by atoms with van der Waals surface area (Å²) in [5.41, 5.74) is 0.590. The number of sulfone groups is 1. The summed E-state index contributed by atoms with van der Waals surface area (Å²) in [6.45, 7) is 2.89. The highest BCUT2D eigenvalue weighted by molar-refractivity contribution is 7.90. The molecular weight excluding hydrogens is 488 g/mol. The van der Waals surface area contributed by atoms with Gasteiger partial charge in [-0.05, 0) is 24.8 Å². The van der Waals surface area contributed by atoms with Crippen LogP contribution in [0.25, 0.3) is 0 Å². The number of ether oxygens (including phenoxy) is 1. The molecule has 2 amide bonds. The predicted octanol–water partition coefficient (Wildman–Crippen LogP) is 1.54. The lowest BCUT2D eigenvalue weighted by Gasteiger charge is -2.23. The van der Waals surface area contributed by atoms with Crippen LogP contribution in [-0.4, -0.2) is 73.1 Å². The van der Waals surface area contributed by atoms with E-state index in [0.717, 1.165) is 12.8 Å². The first-order valence-corrected chi connectivity index (χ1v) is 13.7. The summed E-state index contributed by atoms with van der Waals surface area (Å²) in [5.74, 6) is -3.65. The third kappa shape index (κ3) is 7.69. The standard InChI is InChI=1S/C24H32N4O7S/c1-3-19(22(30)24-27-26-20(35-24)14-34-2)25-23(31)18(13-21(29)28-11-7-8-12-28)16-36(32,33)15-17-9-5-4-6-10-17/h4-6,9-10,18-19H,3,7-8,11-16H2,1-2H3,(H,25,31)/t18?,19-/m0/s1. The number of Topliss-reactive ketones (excluding diaryl/α,β-unsaturated/α-hetero) is 1. The lowest BCUT2D eigenvalue weighted by atomic mass is 10.0. The number of amides is 2. The summed E-state index contributed by atoms with van der Waals surface area (Å²) in [4.78, 5) is 40.6. The maximum absolute atomic E-state index is 13.3. The smallest absolute Gasteiger partial charge is 0.286 e. The van der Waals surface area contributed by atoms with Crippen molar-refractivity contribution in [2.24, 2.45) is 5.92 Å². The molecule has 0 radical (unpaired) electrons. The van der Waals surface area contributed by atoms with Crippen LogP contribution in [0, 0.1) is 5.92 Å². The fourth-order valence-electron chi connectivity index (χ4n) is 4.05. The Hall–Kier alpha value is -3.12. The van der Waals surface area contributed by atoms with Gasteiger partial charge < -0.3 is 19.4 Å². The van der Waals surface area contributed by atoms with Crippen LogP contribution in [0.5, 0.6) is 0 Å². The number of nitrogens with one attached hydrogen (secondary N) is 1. The van der Waals surface area contributed by atoms with Gasteiger partial charge >= 0.3 is 0 Å². The molecule has 36 heavy (non-hydrogen) atoms. The SMILES string of the molecule is CC[C@H](NC(=O)C(CC(=O)N1CCCC1)CS(=O)(=O)Cc1ccccc1)C(=O)c1nnc(COC)o1. The molecule has 1 fully saturated rings. The van der Waals surface area contributed by atoms with Crippen LogP contribution < -0.4 is 5.32 Å². The molecule has 0 bridgehead atoms. The van der Waals surface area contributed by atoms with E-state index in [1.54, 1.807) is 42.2 Å². The number of rotatable bonds is 13. The molecule has 1 aliphatic heterocycles. The largest absolute Gasteiger partial charge is 0.416 e. The normalized spacial score (nSPS) is 15.4. The Morgan fingerprint density at radius 1 is 1.14 bits per heavy atom. The number of hydrogen-bond donors (Lipinski definition) is 1. The van der Waals surface area contributed by atoms with E-state index in [2.05, 4.69) is 15.5 Å². The second kappa shape index (κ2) is 12.7. The minimum atomic E-state index is -3.74. The summed E-state index contributed by atoms with van der Waals surface area (Å²) in [6.07, 6.45) is 1.69. The average molecular weight is 521 g/mol. The maximum Gasteiger partial charge on any atom is 0.286 e. The summed E-state index contributed by atoms with van der Waals surface area (Å²) in [6, 6.07) is 7.61. The van der Waals surface area contributed by atoms with Gasteiger partial charge in [0.15, 0.2) is 9.84 Å². The number of carbonyl (C=O) groups excluding carboxylic acids is 3. The molecule has 1 N–H and O–H groups in total. The molecule has 0 saturated carbocycles. The second-order valence-corrected chi connectivity index (χ2v) is 10.9. The molecule has 1 aliphatic rings. The molecule has 1 aromatic carbocycles. The van der Waals surface area contributed by atoms with Crippen molar-refractivity contribution in [3.8, 4) is 0 Å². The predicted molar refractivity (Wildman–Crippen MR) is 129 cm³/mol. The van der Waals surface area contributed by atoms with Crippen molar-refractivity contribution in [2.45, 2.75) is 51.0 Å². The Morgan fingerprint density at radius 2 is 1.83 bits per heavy atom. The lowest BCUT2D eigenvalue weighted by molar-refractivity contribution is -0.135. The summed E-state index contributed by atoms with van der Waals surface area (Å²) < 4.78 is 36.1. The van der Waals surface area contributed by atoms with Crippen LogP contribution >= 0.6 is 0 Å². The van der Waals surface area contributed by atoms with Crippen LogP contribution in [0.2, 0.25) is 0 Å². The van der Waals surface area contributed by atoms with Crippen LogP contribution in [0.4, 0.5) is 0 Å². The highest BCUT2D eigenvalue weighted by Gasteiger charge is 2.33.